The van der Waals surface area contributed by atoms with E-state index < -0.39 is 0 Å². The Hall–Kier alpha value is -1.41. The Labute approximate surface area is 106 Å². The largest absolute Gasteiger partial charge is 0.264 e. The SMILES string of the molecule is C1=C(c2ccncc2-c2ccsc2)CCCC1. The fraction of sp³-hybridized carbons (Fsp3) is 0.267. The van der Waals surface area contributed by atoms with Crippen molar-refractivity contribution in [2.24, 2.45) is 0 Å². The van der Waals surface area contributed by atoms with Gasteiger partial charge in [0.05, 0.1) is 0 Å². The van der Waals surface area contributed by atoms with Gasteiger partial charge in [-0.05, 0) is 65.3 Å². The molecule has 2 aromatic heterocycles. The van der Waals surface area contributed by atoms with Crippen LogP contribution < -0.4 is 0 Å². The lowest BCUT2D eigenvalue weighted by Crippen LogP contribution is -1.94. The summed E-state index contributed by atoms with van der Waals surface area (Å²) in [6, 6.07) is 4.33. The van der Waals surface area contributed by atoms with Crippen molar-refractivity contribution in [3.05, 3.63) is 46.9 Å². The molecule has 0 spiro atoms. The standard InChI is InChI=1S/C15H15NS/c1-2-4-12(5-3-1)14-6-8-16-10-15(14)13-7-9-17-11-13/h4,6-11H,1-3,5H2. The summed E-state index contributed by atoms with van der Waals surface area (Å²) in [5, 5.41) is 4.32. The van der Waals surface area contributed by atoms with E-state index in [0.29, 0.717) is 0 Å². The lowest BCUT2D eigenvalue weighted by molar-refractivity contribution is 0.742. The van der Waals surface area contributed by atoms with Crippen molar-refractivity contribution in [3.63, 3.8) is 0 Å². The summed E-state index contributed by atoms with van der Waals surface area (Å²) in [4.78, 5) is 4.27. The molecule has 0 unspecified atom stereocenters. The molecule has 0 bridgehead atoms. The summed E-state index contributed by atoms with van der Waals surface area (Å²) in [6.45, 7) is 0. The number of aromatic nitrogens is 1. The van der Waals surface area contributed by atoms with E-state index in [1.807, 2.05) is 12.4 Å². The zero-order valence-electron chi connectivity index (χ0n) is 9.73. The third-order valence-corrected chi connectivity index (χ3v) is 3.97. The molecule has 1 aliphatic rings. The quantitative estimate of drug-likeness (QED) is 0.738. The van der Waals surface area contributed by atoms with Gasteiger partial charge in [-0.2, -0.15) is 11.3 Å². The molecule has 2 heteroatoms. The second-order valence-corrected chi connectivity index (χ2v) is 5.19. The minimum atomic E-state index is 1.21. The summed E-state index contributed by atoms with van der Waals surface area (Å²) >= 11 is 1.74. The third kappa shape index (κ3) is 2.18. The maximum atomic E-state index is 4.27. The van der Waals surface area contributed by atoms with Crippen LogP contribution in [0.3, 0.4) is 0 Å². The lowest BCUT2D eigenvalue weighted by Gasteiger charge is -2.15. The van der Waals surface area contributed by atoms with Crippen molar-refractivity contribution in [3.8, 4) is 11.1 Å². The second-order valence-electron chi connectivity index (χ2n) is 4.41. The monoisotopic (exact) mass is 241 g/mol. The lowest BCUT2D eigenvalue weighted by atomic mass is 9.90. The average molecular weight is 241 g/mol. The van der Waals surface area contributed by atoms with Crippen LogP contribution in [0.1, 0.15) is 31.2 Å². The molecular formula is C15H15NS. The molecular weight excluding hydrogens is 226 g/mol. The topological polar surface area (TPSA) is 12.9 Å². The first-order chi connectivity index (χ1) is 8.45. The molecule has 1 aliphatic carbocycles. The van der Waals surface area contributed by atoms with Gasteiger partial charge in [0.15, 0.2) is 0 Å². The Morgan fingerprint density at radius 3 is 2.88 bits per heavy atom. The van der Waals surface area contributed by atoms with Gasteiger partial charge in [-0.15, -0.1) is 0 Å². The van der Waals surface area contributed by atoms with Crippen LogP contribution in [0.15, 0.2) is 41.4 Å². The molecule has 0 amide bonds. The summed E-state index contributed by atoms with van der Waals surface area (Å²) in [6.07, 6.45) is 11.4. The van der Waals surface area contributed by atoms with Gasteiger partial charge >= 0.3 is 0 Å². The molecule has 2 heterocycles. The molecule has 0 saturated carbocycles. The predicted molar refractivity (Wildman–Crippen MR) is 74.0 cm³/mol. The van der Waals surface area contributed by atoms with E-state index >= 15 is 0 Å². The van der Waals surface area contributed by atoms with Crippen molar-refractivity contribution < 1.29 is 0 Å². The molecule has 0 N–H and O–H groups in total. The number of hydrogen-bond acceptors (Lipinski definition) is 2. The van der Waals surface area contributed by atoms with Crippen LogP contribution in [0, 0.1) is 0 Å². The minimum Gasteiger partial charge on any atom is -0.264 e. The van der Waals surface area contributed by atoms with Gasteiger partial charge in [-0.1, -0.05) is 6.08 Å². The average Bonchev–Trinajstić information content (AvgIpc) is 2.94. The number of pyridine rings is 1. The van der Waals surface area contributed by atoms with E-state index in [4.69, 9.17) is 0 Å². The maximum Gasteiger partial charge on any atom is 0.0352 e. The summed E-state index contributed by atoms with van der Waals surface area (Å²) < 4.78 is 0. The molecule has 17 heavy (non-hydrogen) atoms. The van der Waals surface area contributed by atoms with Crippen molar-refractivity contribution in [1.29, 1.82) is 0 Å². The summed E-state index contributed by atoms with van der Waals surface area (Å²) in [5.74, 6) is 0. The highest BCUT2D eigenvalue weighted by molar-refractivity contribution is 7.08. The third-order valence-electron chi connectivity index (χ3n) is 3.29. The zero-order chi connectivity index (χ0) is 11.5. The smallest absolute Gasteiger partial charge is 0.0352 e. The van der Waals surface area contributed by atoms with Crippen LogP contribution in [0.5, 0.6) is 0 Å². The van der Waals surface area contributed by atoms with Crippen LogP contribution >= 0.6 is 11.3 Å². The Morgan fingerprint density at radius 1 is 1.12 bits per heavy atom. The van der Waals surface area contributed by atoms with Crippen LogP contribution in [0.4, 0.5) is 0 Å². The van der Waals surface area contributed by atoms with Gasteiger partial charge < -0.3 is 0 Å². The first kappa shape index (κ1) is 10.7. The Morgan fingerprint density at radius 2 is 2.12 bits per heavy atom. The van der Waals surface area contributed by atoms with Crippen molar-refractivity contribution in [2.75, 3.05) is 0 Å². The normalized spacial score (nSPS) is 15.6. The molecule has 86 valence electrons. The van der Waals surface area contributed by atoms with E-state index in [-0.39, 0.29) is 0 Å². The van der Waals surface area contributed by atoms with E-state index in [0.717, 1.165) is 0 Å². The number of allylic oxidation sites excluding steroid dienone is 2. The van der Waals surface area contributed by atoms with Crippen LogP contribution in [-0.2, 0) is 0 Å². The first-order valence-electron chi connectivity index (χ1n) is 6.11. The van der Waals surface area contributed by atoms with E-state index in [1.165, 1.54) is 47.9 Å². The molecule has 2 aromatic rings. The molecule has 3 rings (SSSR count). The molecule has 0 atom stereocenters. The van der Waals surface area contributed by atoms with Crippen LogP contribution in [0.2, 0.25) is 0 Å². The second kappa shape index (κ2) is 4.84. The Bertz CT molecular complexity index is 526. The molecule has 0 radical (unpaired) electrons. The van der Waals surface area contributed by atoms with E-state index in [9.17, 15) is 0 Å². The van der Waals surface area contributed by atoms with Crippen LogP contribution in [-0.4, -0.2) is 4.98 Å². The summed E-state index contributed by atoms with van der Waals surface area (Å²) in [7, 11) is 0. The van der Waals surface area contributed by atoms with E-state index in [1.54, 1.807) is 11.3 Å². The van der Waals surface area contributed by atoms with E-state index in [2.05, 4.69) is 34.0 Å². The van der Waals surface area contributed by atoms with Crippen molar-refractivity contribution in [2.45, 2.75) is 25.7 Å². The van der Waals surface area contributed by atoms with Gasteiger partial charge in [-0.3, -0.25) is 4.98 Å². The van der Waals surface area contributed by atoms with Crippen molar-refractivity contribution >= 4 is 16.9 Å². The number of hydrogen-bond donors (Lipinski definition) is 0. The minimum absolute atomic E-state index is 1.21. The number of thiophene rings is 1. The van der Waals surface area contributed by atoms with Gasteiger partial charge in [0.25, 0.3) is 0 Å². The van der Waals surface area contributed by atoms with Gasteiger partial charge in [-0.25, -0.2) is 0 Å². The van der Waals surface area contributed by atoms with Crippen molar-refractivity contribution in [1.82, 2.24) is 4.98 Å². The zero-order valence-corrected chi connectivity index (χ0v) is 10.5. The highest BCUT2D eigenvalue weighted by Crippen LogP contribution is 2.34. The van der Waals surface area contributed by atoms with Gasteiger partial charge in [0, 0.05) is 18.0 Å². The highest BCUT2D eigenvalue weighted by Gasteiger charge is 2.11. The fourth-order valence-electron chi connectivity index (χ4n) is 2.41. The Balaban J connectivity index is 2.07. The fourth-order valence-corrected chi connectivity index (χ4v) is 3.06. The predicted octanol–water partition coefficient (Wildman–Crippen LogP) is 4.77. The van der Waals surface area contributed by atoms with Crippen LogP contribution in [0.25, 0.3) is 16.7 Å². The summed E-state index contributed by atoms with van der Waals surface area (Å²) in [5.41, 5.74) is 5.45. The highest BCUT2D eigenvalue weighted by atomic mass is 32.1. The maximum absolute atomic E-state index is 4.27. The number of nitrogens with zero attached hydrogens (tertiary/aromatic N) is 1. The number of rotatable bonds is 2. The van der Waals surface area contributed by atoms with Gasteiger partial charge in [0.2, 0.25) is 0 Å². The Kier molecular flexibility index (Phi) is 3.06. The first-order valence-corrected chi connectivity index (χ1v) is 7.05. The molecule has 0 saturated heterocycles. The molecule has 0 aliphatic heterocycles. The molecule has 1 nitrogen and oxygen atoms in total. The van der Waals surface area contributed by atoms with Gasteiger partial charge in [0.1, 0.15) is 0 Å². The molecule has 0 aromatic carbocycles. The molecule has 0 fully saturated rings.